The van der Waals surface area contributed by atoms with Crippen molar-refractivity contribution in [1.29, 1.82) is 0 Å². The number of hydrogen-bond donors (Lipinski definition) is 0. The second-order valence-electron chi connectivity index (χ2n) is 3.06. The molecular weight excluding hydrogens is 192 g/mol. The highest BCUT2D eigenvalue weighted by molar-refractivity contribution is 5.69. The summed E-state index contributed by atoms with van der Waals surface area (Å²) in [5.74, 6) is 0.714. The molecule has 0 aliphatic rings. The molecule has 0 bridgehead atoms. The summed E-state index contributed by atoms with van der Waals surface area (Å²) in [6.45, 7) is 2.42. The highest BCUT2D eigenvalue weighted by atomic mass is 16.7. The van der Waals surface area contributed by atoms with Gasteiger partial charge in [-0.25, -0.2) is 0 Å². The quantitative estimate of drug-likeness (QED) is 0.432. The van der Waals surface area contributed by atoms with E-state index < -0.39 is 0 Å². The maximum Gasteiger partial charge on any atom is 0.411 e. The Bertz CT molecular complexity index is 310. The van der Waals surface area contributed by atoms with E-state index in [4.69, 9.17) is 9.47 Å². The van der Waals surface area contributed by atoms with Gasteiger partial charge in [-0.1, -0.05) is 18.2 Å². The predicted molar refractivity (Wildman–Crippen MR) is 59.8 cm³/mol. The van der Waals surface area contributed by atoms with Gasteiger partial charge in [-0.05, 0) is 19.1 Å². The van der Waals surface area contributed by atoms with Crippen LogP contribution in [0.5, 0.6) is 5.75 Å². The van der Waals surface area contributed by atoms with E-state index in [-0.39, 0.29) is 6.08 Å². The van der Waals surface area contributed by atoms with Crippen LogP contribution in [0.1, 0.15) is 6.92 Å². The Labute approximate surface area is 90.1 Å². The van der Waals surface area contributed by atoms with E-state index in [2.05, 4.69) is 5.10 Å². The van der Waals surface area contributed by atoms with Crippen LogP contribution in [-0.4, -0.2) is 31.8 Å². The van der Waals surface area contributed by atoms with Crippen LogP contribution in [0.2, 0.25) is 0 Å². The molecule has 1 aromatic carbocycles. The minimum atomic E-state index is 0.258. The third-order valence-corrected chi connectivity index (χ3v) is 1.50. The van der Waals surface area contributed by atoms with Crippen molar-refractivity contribution in [2.75, 3.05) is 20.7 Å². The fraction of sp³-hybridized carbons (Fsp3) is 0.364. The molecule has 0 N–H and O–H groups in total. The number of benzene rings is 1. The van der Waals surface area contributed by atoms with E-state index in [9.17, 15) is 0 Å². The molecule has 0 aliphatic heterocycles. The molecule has 82 valence electrons. The van der Waals surface area contributed by atoms with Gasteiger partial charge in [-0.15, -0.1) is 5.10 Å². The second kappa shape index (κ2) is 5.90. The van der Waals surface area contributed by atoms with Gasteiger partial charge in [-0.3, -0.25) is 5.01 Å². The molecule has 0 aliphatic carbocycles. The summed E-state index contributed by atoms with van der Waals surface area (Å²) in [5, 5.41) is 5.70. The molecule has 15 heavy (non-hydrogen) atoms. The van der Waals surface area contributed by atoms with E-state index >= 15 is 0 Å². The topological polar surface area (TPSA) is 34.1 Å². The number of nitrogens with zero attached hydrogens (tertiary/aromatic N) is 2. The Hall–Kier alpha value is -1.71. The second-order valence-corrected chi connectivity index (χ2v) is 3.06. The van der Waals surface area contributed by atoms with Crippen LogP contribution >= 0.6 is 0 Å². The number of para-hydroxylation sites is 1. The molecule has 0 atom stereocenters. The number of rotatable bonds is 3. The van der Waals surface area contributed by atoms with Crippen LogP contribution in [0, 0.1) is 0 Å². The lowest BCUT2D eigenvalue weighted by molar-refractivity contribution is 0.233. The molecule has 0 aromatic heterocycles. The molecule has 0 heterocycles. The third kappa shape index (κ3) is 4.35. The summed E-state index contributed by atoms with van der Waals surface area (Å²) in [6, 6.07) is 9.42. The van der Waals surface area contributed by atoms with Gasteiger partial charge in [0.2, 0.25) is 0 Å². The Morgan fingerprint density at radius 2 is 1.93 bits per heavy atom. The molecule has 0 fully saturated rings. The summed E-state index contributed by atoms with van der Waals surface area (Å²) in [5.41, 5.74) is 0. The SMILES string of the molecule is CCOC(=NN(C)C)Oc1ccccc1. The third-order valence-electron chi connectivity index (χ3n) is 1.50. The Morgan fingerprint density at radius 1 is 1.27 bits per heavy atom. The molecule has 0 radical (unpaired) electrons. The van der Waals surface area contributed by atoms with Crippen molar-refractivity contribution in [2.24, 2.45) is 5.10 Å². The van der Waals surface area contributed by atoms with Gasteiger partial charge in [0, 0.05) is 14.1 Å². The van der Waals surface area contributed by atoms with Gasteiger partial charge in [-0.2, -0.15) is 0 Å². The van der Waals surface area contributed by atoms with Crippen molar-refractivity contribution in [1.82, 2.24) is 5.01 Å². The molecular formula is C11H16N2O2. The molecule has 0 saturated heterocycles. The normalized spacial score (nSPS) is 11.0. The smallest absolute Gasteiger partial charge is 0.411 e. The van der Waals surface area contributed by atoms with E-state index in [0.717, 1.165) is 0 Å². The number of ether oxygens (including phenoxy) is 2. The zero-order chi connectivity index (χ0) is 11.1. The standard InChI is InChI=1S/C11H16N2O2/c1-4-14-11(12-13(2)3)15-10-8-6-5-7-9-10/h5-9H,4H2,1-3H3. The average molecular weight is 208 g/mol. The summed E-state index contributed by atoms with van der Waals surface area (Å²) in [4.78, 5) is 0. The lowest BCUT2D eigenvalue weighted by atomic mass is 10.3. The summed E-state index contributed by atoms with van der Waals surface area (Å²) in [6.07, 6.45) is 0.258. The average Bonchev–Trinajstić information content (AvgIpc) is 2.18. The van der Waals surface area contributed by atoms with Crippen LogP contribution in [-0.2, 0) is 4.74 Å². The predicted octanol–water partition coefficient (Wildman–Crippen LogP) is 1.93. The first kappa shape index (κ1) is 11.4. The minimum absolute atomic E-state index is 0.258. The van der Waals surface area contributed by atoms with Gasteiger partial charge in [0.05, 0.1) is 6.61 Å². The van der Waals surface area contributed by atoms with E-state index in [1.165, 1.54) is 0 Å². The lowest BCUT2D eigenvalue weighted by Gasteiger charge is -2.11. The largest absolute Gasteiger partial charge is 0.449 e. The highest BCUT2D eigenvalue weighted by Gasteiger charge is 2.03. The van der Waals surface area contributed by atoms with Crippen molar-refractivity contribution in [2.45, 2.75) is 6.92 Å². The molecule has 1 aromatic rings. The molecule has 0 amide bonds. The summed E-state index contributed by atoms with van der Waals surface area (Å²) < 4.78 is 10.7. The van der Waals surface area contributed by atoms with Crippen LogP contribution in [0.3, 0.4) is 0 Å². The van der Waals surface area contributed by atoms with Crippen molar-refractivity contribution in [3.8, 4) is 5.75 Å². The Morgan fingerprint density at radius 3 is 2.47 bits per heavy atom. The van der Waals surface area contributed by atoms with Gasteiger partial charge < -0.3 is 9.47 Å². The summed E-state index contributed by atoms with van der Waals surface area (Å²) in [7, 11) is 3.63. The fourth-order valence-electron chi connectivity index (χ4n) is 0.955. The molecule has 0 saturated carbocycles. The first-order chi connectivity index (χ1) is 7.22. The Kier molecular flexibility index (Phi) is 4.47. The first-order valence-electron chi connectivity index (χ1n) is 4.84. The highest BCUT2D eigenvalue weighted by Crippen LogP contribution is 2.09. The molecule has 0 spiro atoms. The van der Waals surface area contributed by atoms with Crippen LogP contribution in [0.25, 0.3) is 0 Å². The molecule has 1 rings (SSSR count). The minimum Gasteiger partial charge on any atom is -0.449 e. The number of hydrazone groups is 1. The van der Waals surface area contributed by atoms with Crippen LogP contribution in [0.4, 0.5) is 0 Å². The molecule has 0 unspecified atom stereocenters. The first-order valence-corrected chi connectivity index (χ1v) is 4.84. The van der Waals surface area contributed by atoms with Crippen LogP contribution in [0.15, 0.2) is 35.4 Å². The molecule has 4 nitrogen and oxygen atoms in total. The van der Waals surface area contributed by atoms with Crippen molar-refractivity contribution >= 4 is 6.08 Å². The van der Waals surface area contributed by atoms with Crippen molar-refractivity contribution in [3.63, 3.8) is 0 Å². The Balaban J connectivity index is 2.67. The van der Waals surface area contributed by atoms with Crippen LogP contribution < -0.4 is 4.74 Å². The van der Waals surface area contributed by atoms with Crippen molar-refractivity contribution in [3.05, 3.63) is 30.3 Å². The fourth-order valence-corrected chi connectivity index (χ4v) is 0.955. The number of hydrogen-bond acceptors (Lipinski definition) is 4. The van der Waals surface area contributed by atoms with Gasteiger partial charge in [0.1, 0.15) is 5.75 Å². The van der Waals surface area contributed by atoms with Gasteiger partial charge in [0.25, 0.3) is 0 Å². The van der Waals surface area contributed by atoms with E-state index in [0.29, 0.717) is 12.4 Å². The van der Waals surface area contributed by atoms with Crippen molar-refractivity contribution < 1.29 is 9.47 Å². The van der Waals surface area contributed by atoms with E-state index in [1.807, 2.05) is 51.4 Å². The maximum absolute atomic E-state index is 5.45. The van der Waals surface area contributed by atoms with E-state index in [1.54, 1.807) is 5.01 Å². The monoisotopic (exact) mass is 208 g/mol. The molecule has 4 heteroatoms. The maximum atomic E-state index is 5.45. The van der Waals surface area contributed by atoms with Gasteiger partial charge >= 0.3 is 6.08 Å². The lowest BCUT2D eigenvalue weighted by Crippen LogP contribution is -2.18. The summed E-state index contributed by atoms with van der Waals surface area (Å²) >= 11 is 0. The zero-order valence-corrected chi connectivity index (χ0v) is 9.30. The zero-order valence-electron chi connectivity index (χ0n) is 9.30. The van der Waals surface area contributed by atoms with Gasteiger partial charge in [0.15, 0.2) is 0 Å².